The van der Waals surface area contributed by atoms with Gasteiger partial charge in [0.1, 0.15) is 0 Å². The van der Waals surface area contributed by atoms with Crippen LogP contribution in [0.5, 0.6) is 5.88 Å². The monoisotopic (exact) mass is 531 g/mol. The highest BCUT2D eigenvalue weighted by Gasteiger charge is 2.23. The first-order valence-corrected chi connectivity index (χ1v) is 13.7. The van der Waals surface area contributed by atoms with E-state index in [1.54, 1.807) is 19.3 Å². The number of carboxylic acids is 1. The minimum Gasteiger partial charge on any atom is -0.481 e. The molecule has 1 saturated heterocycles. The first-order chi connectivity index (χ1) is 18.4. The van der Waals surface area contributed by atoms with Crippen molar-refractivity contribution >= 4 is 44.4 Å². The van der Waals surface area contributed by atoms with E-state index in [0.29, 0.717) is 29.5 Å². The van der Waals surface area contributed by atoms with Gasteiger partial charge in [-0.05, 0) is 67.6 Å². The van der Waals surface area contributed by atoms with Gasteiger partial charge in [0.25, 0.3) is 0 Å². The van der Waals surface area contributed by atoms with Crippen molar-refractivity contribution in [3.8, 4) is 5.88 Å². The summed E-state index contributed by atoms with van der Waals surface area (Å²) < 4.78 is 6.66. The molecule has 0 saturated carbocycles. The van der Waals surface area contributed by atoms with Gasteiger partial charge in [0.2, 0.25) is 5.88 Å². The van der Waals surface area contributed by atoms with E-state index in [1.165, 1.54) is 20.5 Å². The number of benzene rings is 2. The van der Waals surface area contributed by atoms with Crippen LogP contribution in [0.4, 0.5) is 0 Å². The lowest BCUT2D eigenvalue weighted by atomic mass is 9.98. The number of β-amino-alcohol motifs (C(OH)–C–C–N with tert-alkyl or cyclic N) is 1. The van der Waals surface area contributed by atoms with E-state index in [9.17, 15) is 9.90 Å². The van der Waals surface area contributed by atoms with E-state index in [-0.39, 0.29) is 0 Å². The molecule has 8 heteroatoms. The van der Waals surface area contributed by atoms with Crippen molar-refractivity contribution in [2.75, 3.05) is 26.7 Å². The first-order valence-electron chi connectivity index (χ1n) is 12.9. The first kappa shape index (κ1) is 26.3. The van der Waals surface area contributed by atoms with E-state index in [1.807, 2.05) is 29.5 Å². The number of carbonyl (C=O) groups is 1. The number of pyridine rings is 1. The summed E-state index contributed by atoms with van der Waals surface area (Å²) >= 11 is 1.87. The van der Waals surface area contributed by atoms with Crippen LogP contribution in [0.15, 0.2) is 54.6 Å². The van der Waals surface area contributed by atoms with Crippen molar-refractivity contribution in [2.24, 2.45) is 0 Å². The Balaban J connectivity index is 1.22. The minimum atomic E-state index is -1.01. The number of nitrogens with one attached hydrogen (secondary N) is 1. The number of hydrogen-bond acceptors (Lipinski definition) is 7. The fraction of sp³-hybridized carbons (Fsp3) is 0.333. The standard InChI is InChI=1S/C30H33N3O4S/c1-19-22-5-3-4-6-26(22)38-27(19)17-31-21-13-15-33(16-14-21)18-25(34)24-9-7-20(8-12-29(35)36)23-10-11-28(37-2)32-30(23)24/h3-12,21,25,31,34H,13-18H2,1-2H3,(H,35,36)/b12-8+. The molecule has 3 heterocycles. The highest BCUT2D eigenvalue weighted by Crippen LogP contribution is 2.32. The van der Waals surface area contributed by atoms with Crippen LogP contribution in [0.1, 0.15) is 40.5 Å². The molecule has 1 aliphatic rings. The molecule has 3 N–H and O–H groups in total. The number of likely N-dealkylation sites (tertiary alicyclic amines) is 1. The quantitative estimate of drug-likeness (QED) is 0.257. The summed E-state index contributed by atoms with van der Waals surface area (Å²) in [6, 6.07) is 16.3. The Morgan fingerprint density at radius 3 is 2.71 bits per heavy atom. The van der Waals surface area contributed by atoms with Crippen LogP contribution in [-0.2, 0) is 11.3 Å². The highest BCUT2D eigenvalue weighted by molar-refractivity contribution is 7.19. The Kier molecular flexibility index (Phi) is 8.04. The Bertz CT molecular complexity index is 1470. The Hall–Kier alpha value is -3.30. The molecule has 38 heavy (non-hydrogen) atoms. The molecule has 0 radical (unpaired) electrons. The van der Waals surface area contributed by atoms with E-state index < -0.39 is 12.1 Å². The zero-order valence-corrected chi connectivity index (χ0v) is 22.5. The van der Waals surface area contributed by atoms with E-state index >= 15 is 0 Å². The van der Waals surface area contributed by atoms with Gasteiger partial charge in [-0.25, -0.2) is 9.78 Å². The Morgan fingerprint density at radius 1 is 1.18 bits per heavy atom. The van der Waals surface area contributed by atoms with Crippen molar-refractivity contribution in [1.82, 2.24) is 15.2 Å². The highest BCUT2D eigenvalue weighted by atomic mass is 32.1. The molecular weight excluding hydrogens is 498 g/mol. The third-order valence-electron chi connectivity index (χ3n) is 7.38. The van der Waals surface area contributed by atoms with Crippen LogP contribution in [-0.4, -0.2) is 58.9 Å². The SMILES string of the molecule is COc1ccc2c(/C=C/C(=O)O)ccc(C(O)CN3CCC(NCc4sc5ccccc5c4C)CC3)c2n1. The molecular formula is C30H33N3O4S. The number of fused-ring (bicyclic) bond motifs is 2. The number of nitrogens with zero attached hydrogens (tertiary/aromatic N) is 2. The van der Waals surface area contributed by atoms with Gasteiger partial charge >= 0.3 is 5.97 Å². The number of hydrogen-bond donors (Lipinski definition) is 3. The Morgan fingerprint density at radius 2 is 1.97 bits per heavy atom. The number of aryl methyl sites for hydroxylation is 1. The average molecular weight is 532 g/mol. The fourth-order valence-corrected chi connectivity index (χ4v) is 6.39. The lowest BCUT2D eigenvalue weighted by Gasteiger charge is -2.33. The van der Waals surface area contributed by atoms with Gasteiger partial charge in [0, 0.05) is 51.8 Å². The number of aliphatic hydroxyl groups is 1. The Labute approximate surface area is 226 Å². The number of aliphatic hydroxyl groups excluding tert-OH is 1. The fourth-order valence-electron chi connectivity index (χ4n) is 5.22. The molecule has 0 bridgehead atoms. The maximum absolute atomic E-state index is 11.2. The number of ether oxygens (including phenoxy) is 1. The normalized spacial score (nSPS) is 16.0. The molecule has 1 aliphatic heterocycles. The van der Waals surface area contributed by atoms with Gasteiger partial charge in [-0.1, -0.05) is 30.3 Å². The minimum absolute atomic E-state index is 0.450. The summed E-state index contributed by atoms with van der Waals surface area (Å²) in [7, 11) is 1.55. The van der Waals surface area contributed by atoms with Crippen LogP contribution < -0.4 is 10.1 Å². The molecule has 2 aromatic heterocycles. The van der Waals surface area contributed by atoms with E-state index in [0.717, 1.165) is 49.5 Å². The van der Waals surface area contributed by atoms with Crippen LogP contribution in [0, 0.1) is 6.92 Å². The van der Waals surface area contributed by atoms with E-state index in [4.69, 9.17) is 9.84 Å². The predicted octanol–water partition coefficient (Wildman–Crippen LogP) is 5.15. The lowest BCUT2D eigenvalue weighted by Crippen LogP contribution is -2.43. The molecule has 0 aliphatic carbocycles. The smallest absolute Gasteiger partial charge is 0.328 e. The molecule has 4 aromatic rings. The number of piperidine rings is 1. The number of rotatable bonds is 9. The number of aliphatic carboxylic acids is 1. The lowest BCUT2D eigenvalue weighted by molar-refractivity contribution is -0.131. The molecule has 0 amide bonds. The van der Waals surface area contributed by atoms with Gasteiger partial charge in [-0.3, -0.25) is 0 Å². The number of methoxy groups -OCH3 is 1. The van der Waals surface area contributed by atoms with Gasteiger partial charge in [0.15, 0.2) is 0 Å². The number of thiophene rings is 1. The third-order valence-corrected chi connectivity index (χ3v) is 8.66. The second-order valence-electron chi connectivity index (χ2n) is 9.78. The molecule has 198 valence electrons. The summed E-state index contributed by atoms with van der Waals surface area (Å²) in [6.45, 7) is 5.44. The van der Waals surface area contributed by atoms with Crippen LogP contribution in [0.3, 0.4) is 0 Å². The van der Waals surface area contributed by atoms with Crippen molar-refractivity contribution in [3.05, 3.63) is 76.2 Å². The molecule has 5 rings (SSSR count). The van der Waals surface area contributed by atoms with Gasteiger partial charge in [0.05, 0.1) is 18.7 Å². The molecule has 1 unspecified atom stereocenters. The van der Waals surface area contributed by atoms with Gasteiger partial charge in [-0.2, -0.15) is 0 Å². The summed E-state index contributed by atoms with van der Waals surface area (Å²) in [4.78, 5) is 19.3. The second kappa shape index (κ2) is 11.6. The summed E-state index contributed by atoms with van der Waals surface area (Å²) in [5, 5.41) is 26.1. The van der Waals surface area contributed by atoms with Gasteiger partial charge < -0.3 is 25.2 Å². The van der Waals surface area contributed by atoms with Crippen LogP contribution >= 0.6 is 11.3 Å². The maximum atomic E-state index is 11.2. The molecule has 7 nitrogen and oxygen atoms in total. The van der Waals surface area contributed by atoms with Crippen LogP contribution in [0.25, 0.3) is 27.1 Å². The third kappa shape index (κ3) is 5.73. The maximum Gasteiger partial charge on any atom is 0.328 e. The van der Waals surface area contributed by atoms with Crippen molar-refractivity contribution < 1.29 is 19.7 Å². The topological polar surface area (TPSA) is 94.9 Å². The van der Waals surface area contributed by atoms with Gasteiger partial charge in [-0.15, -0.1) is 11.3 Å². The summed E-state index contributed by atoms with van der Waals surface area (Å²) in [6.07, 6.45) is 3.99. The summed E-state index contributed by atoms with van der Waals surface area (Å²) in [5.74, 6) is -0.563. The number of aromatic nitrogens is 1. The van der Waals surface area contributed by atoms with Crippen molar-refractivity contribution in [3.63, 3.8) is 0 Å². The van der Waals surface area contributed by atoms with Crippen molar-refractivity contribution in [1.29, 1.82) is 0 Å². The molecule has 0 spiro atoms. The van der Waals surface area contributed by atoms with Crippen molar-refractivity contribution in [2.45, 2.75) is 38.5 Å². The second-order valence-corrected chi connectivity index (χ2v) is 10.9. The average Bonchev–Trinajstić information content (AvgIpc) is 3.26. The van der Waals surface area contributed by atoms with Crippen LogP contribution in [0.2, 0.25) is 0 Å². The zero-order valence-electron chi connectivity index (χ0n) is 21.7. The largest absolute Gasteiger partial charge is 0.481 e. The molecule has 2 aromatic carbocycles. The number of carboxylic acid groups (broad SMARTS) is 1. The molecule has 1 fully saturated rings. The zero-order chi connectivity index (χ0) is 26.6. The predicted molar refractivity (Wildman–Crippen MR) is 153 cm³/mol. The summed E-state index contributed by atoms with van der Waals surface area (Å²) in [5.41, 5.74) is 3.45. The molecule has 1 atom stereocenters. The van der Waals surface area contributed by atoms with E-state index in [2.05, 4.69) is 46.4 Å².